The quantitative estimate of drug-likeness (QED) is 0.233. The van der Waals surface area contributed by atoms with E-state index in [4.69, 9.17) is 4.74 Å². The summed E-state index contributed by atoms with van der Waals surface area (Å²) in [5.41, 5.74) is 3.88. The molecule has 2 aromatic carbocycles. The van der Waals surface area contributed by atoms with Crippen molar-refractivity contribution in [2.24, 2.45) is 0 Å². The average molecular weight is 535 g/mol. The van der Waals surface area contributed by atoms with Crippen molar-refractivity contribution in [1.29, 1.82) is 0 Å². The van der Waals surface area contributed by atoms with Crippen LogP contribution in [0.1, 0.15) is 36.8 Å². The monoisotopic (exact) mass is 534 g/mol. The molecule has 6 aromatic rings. The maximum atomic E-state index is 13.0. The SMILES string of the molecule is CC(C)(C)OC(=O)n1cc(CC(=O)c2cc3ccc(-c4nccc(Nc5ccc6[nH]ncc6c5)n4)cc3[nH]2)cn1. The van der Waals surface area contributed by atoms with Gasteiger partial charge in [-0.3, -0.25) is 9.89 Å². The number of aromatic amines is 2. The molecular formula is C29H26N8O3. The second-order valence-electron chi connectivity index (χ2n) is 10.4. The van der Waals surface area contributed by atoms with E-state index in [2.05, 4.69) is 35.6 Å². The van der Waals surface area contributed by atoms with Gasteiger partial charge in [0, 0.05) is 46.4 Å². The number of rotatable bonds is 6. The van der Waals surface area contributed by atoms with Crippen LogP contribution in [0.25, 0.3) is 33.2 Å². The Kier molecular flexibility index (Phi) is 6.10. The zero-order chi connectivity index (χ0) is 27.9. The summed E-state index contributed by atoms with van der Waals surface area (Å²) in [6.45, 7) is 5.34. The van der Waals surface area contributed by atoms with Gasteiger partial charge in [0.2, 0.25) is 0 Å². The molecule has 0 saturated carbocycles. The van der Waals surface area contributed by atoms with E-state index in [1.807, 2.05) is 42.5 Å². The zero-order valence-electron chi connectivity index (χ0n) is 22.1. The molecule has 11 nitrogen and oxygen atoms in total. The molecule has 0 unspecified atom stereocenters. The van der Waals surface area contributed by atoms with Crippen LogP contribution < -0.4 is 5.32 Å². The molecule has 0 radical (unpaired) electrons. The van der Waals surface area contributed by atoms with E-state index >= 15 is 0 Å². The van der Waals surface area contributed by atoms with Crippen LogP contribution in [0.5, 0.6) is 0 Å². The summed E-state index contributed by atoms with van der Waals surface area (Å²) in [5.74, 6) is 1.08. The van der Waals surface area contributed by atoms with Crippen LogP contribution in [0.2, 0.25) is 0 Å². The summed E-state index contributed by atoms with van der Waals surface area (Å²) >= 11 is 0. The van der Waals surface area contributed by atoms with Gasteiger partial charge in [-0.25, -0.2) is 14.8 Å². The fourth-order valence-corrected chi connectivity index (χ4v) is 4.29. The Bertz CT molecular complexity index is 1880. The Morgan fingerprint density at radius 1 is 1.00 bits per heavy atom. The molecule has 0 spiro atoms. The predicted molar refractivity (Wildman–Crippen MR) is 151 cm³/mol. The third-order valence-electron chi connectivity index (χ3n) is 6.13. The first-order chi connectivity index (χ1) is 19.2. The topological polar surface area (TPSA) is 143 Å². The van der Waals surface area contributed by atoms with E-state index in [1.54, 1.807) is 39.2 Å². The largest absolute Gasteiger partial charge is 0.442 e. The van der Waals surface area contributed by atoms with Gasteiger partial charge in [0.1, 0.15) is 11.4 Å². The summed E-state index contributed by atoms with van der Waals surface area (Å²) in [6, 6.07) is 15.3. The van der Waals surface area contributed by atoms with Gasteiger partial charge in [0.25, 0.3) is 0 Å². The summed E-state index contributed by atoms with van der Waals surface area (Å²) in [4.78, 5) is 37.5. The molecule has 200 valence electrons. The number of H-pyrrole nitrogens is 2. The van der Waals surface area contributed by atoms with E-state index < -0.39 is 11.7 Å². The molecule has 0 amide bonds. The minimum absolute atomic E-state index is 0.0872. The number of ketones is 1. The van der Waals surface area contributed by atoms with Crippen molar-refractivity contribution < 1.29 is 14.3 Å². The van der Waals surface area contributed by atoms with Crippen LogP contribution in [0.3, 0.4) is 0 Å². The molecule has 11 heteroatoms. The van der Waals surface area contributed by atoms with Crippen molar-refractivity contribution in [3.8, 4) is 11.4 Å². The number of hydrogen-bond acceptors (Lipinski definition) is 8. The lowest BCUT2D eigenvalue weighted by Gasteiger charge is -2.18. The maximum Gasteiger partial charge on any atom is 0.435 e. The summed E-state index contributed by atoms with van der Waals surface area (Å²) in [7, 11) is 0. The minimum atomic E-state index is -0.638. The average Bonchev–Trinajstić information content (AvgIpc) is 3.66. The second kappa shape index (κ2) is 9.77. The number of benzene rings is 2. The van der Waals surface area contributed by atoms with Gasteiger partial charge < -0.3 is 15.0 Å². The predicted octanol–water partition coefficient (Wildman–Crippen LogP) is 5.65. The third-order valence-corrected chi connectivity index (χ3v) is 6.13. The number of nitrogens with one attached hydrogen (secondary N) is 3. The molecule has 4 heterocycles. The molecule has 0 aliphatic carbocycles. The Balaban J connectivity index is 1.18. The highest BCUT2D eigenvalue weighted by Gasteiger charge is 2.19. The van der Waals surface area contributed by atoms with Gasteiger partial charge >= 0.3 is 6.09 Å². The minimum Gasteiger partial charge on any atom is -0.442 e. The van der Waals surface area contributed by atoms with Crippen LogP contribution >= 0.6 is 0 Å². The molecule has 0 aliphatic heterocycles. The summed E-state index contributed by atoms with van der Waals surface area (Å²) in [6.07, 6.45) is 5.97. The van der Waals surface area contributed by atoms with Crippen molar-refractivity contribution in [3.63, 3.8) is 0 Å². The van der Waals surface area contributed by atoms with E-state index in [9.17, 15) is 9.59 Å². The smallest absolute Gasteiger partial charge is 0.435 e. The first-order valence-corrected chi connectivity index (χ1v) is 12.7. The fraction of sp³-hybridized carbons (Fsp3) is 0.172. The number of fused-ring (bicyclic) bond motifs is 2. The van der Waals surface area contributed by atoms with Crippen molar-refractivity contribution in [2.45, 2.75) is 32.8 Å². The third kappa shape index (κ3) is 5.30. The van der Waals surface area contributed by atoms with Gasteiger partial charge in [-0.1, -0.05) is 12.1 Å². The highest BCUT2D eigenvalue weighted by Crippen LogP contribution is 2.25. The van der Waals surface area contributed by atoms with Crippen molar-refractivity contribution in [1.82, 2.24) is 34.9 Å². The number of ether oxygens (including phenoxy) is 1. The molecule has 4 aromatic heterocycles. The molecule has 6 rings (SSSR count). The van der Waals surface area contributed by atoms with E-state index in [1.165, 1.54) is 12.4 Å². The molecule has 0 fully saturated rings. The first-order valence-electron chi connectivity index (χ1n) is 12.7. The molecule has 3 N–H and O–H groups in total. The van der Waals surface area contributed by atoms with E-state index in [-0.39, 0.29) is 12.2 Å². The maximum absolute atomic E-state index is 13.0. The number of aromatic nitrogens is 7. The Labute approximate surface area is 228 Å². The number of Topliss-reactive ketones (excluding diaryl/α,β-unsaturated/α-hetero) is 1. The van der Waals surface area contributed by atoms with Crippen LogP contribution in [0.15, 0.2) is 73.3 Å². The number of anilines is 2. The number of nitrogens with zero attached hydrogens (tertiary/aromatic N) is 5. The molecular weight excluding hydrogens is 508 g/mol. The lowest BCUT2D eigenvalue weighted by Crippen LogP contribution is -2.27. The molecule has 0 atom stereocenters. The van der Waals surface area contributed by atoms with Gasteiger partial charge in [-0.15, -0.1) is 0 Å². The normalized spacial score (nSPS) is 11.7. The van der Waals surface area contributed by atoms with Gasteiger partial charge in [0.15, 0.2) is 11.6 Å². The zero-order valence-corrected chi connectivity index (χ0v) is 22.1. The number of carbonyl (C=O) groups is 2. The van der Waals surface area contributed by atoms with Crippen LogP contribution in [0, 0.1) is 0 Å². The van der Waals surface area contributed by atoms with Gasteiger partial charge in [-0.05, 0) is 62.7 Å². The molecule has 0 bridgehead atoms. The molecule has 0 saturated heterocycles. The first kappa shape index (κ1) is 25.0. The van der Waals surface area contributed by atoms with Crippen molar-refractivity contribution in [3.05, 3.63) is 84.6 Å². The van der Waals surface area contributed by atoms with Gasteiger partial charge in [0.05, 0.1) is 23.6 Å². The Morgan fingerprint density at radius 3 is 2.73 bits per heavy atom. The molecule has 40 heavy (non-hydrogen) atoms. The summed E-state index contributed by atoms with van der Waals surface area (Å²) in [5, 5.41) is 16.2. The van der Waals surface area contributed by atoms with Crippen LogP contribution in [0.4, 0.5) is 16.3 Å². The highest BCUT2D eigenvalue weighted by atomic mass is 16.6. The van der Waals surface area contributed by atoms with Gasteiger partial charge in [-0.2, -0.15) is 14.9 Å². The molecule has 0 aliphatic rings. The fourth-order valence-electron chi connectivity index (χ4n) is 4.29. The van der Waals surface area contributed by atoms with Crippen molar-refractivity contribution >= 4 is 45.2 Å². The second-order valence-corrected chi connectivity index (χ2v) is 10.4. The van der Waals surface area contributed by atoms with Crippen molar-refractivity contribution in [2.75, 3.05) is 5.32 Å². The number of hydrogen-bond donors (Lipinski definition) is 3. The standard InChI is InChI=1S/C29H26N8O3/c1-29(2,3)40-28(39)37-16-17(14-32-37)10-25(38)24-12-18-4-5-19(13-23(18)34-24)27-30-9-8-26(35-27)33-21-6-7-22-20(11-21)15-31-36-22/h4-9,11-16,34H,10H2,1-3H3,(H,31,36)(H,30,33,35). The lowest BCUT2D eigenvalue weighted by molar-refractivity contribution is 0.0514. The highest BCUT2D eigenvalue weighted by molar-refractivity contribution is 6.01. The lowest BCUT2D eigenvalue weighted by atomic mass is 10.1. The number of carbonyl (C=O) groups excluding carboxylic acids is 2. The Hall–Kier alpha value is -5.32. The Morgan fingerprint density at radius 2 is 1.88 bits per heavy atom. The van der Waals surface area contributed by atoms with E-state index in [0.29, 0.717) is 22.9 Å². The van der Waals surface area contributed by atoms with E-state index in [0.717, 1.165) is 37.7 Å². The van der Waals surface area contributed by atoms with Crippen LogP contribution in [-0.2, 0) is 11.2 Å². The van der Waals surface area contributed by atoms with Crippen LogP contribution in [-0.4, -0.2) is 52.4 Å². The summed E-state index contributed by atoms with van der Waals surface area (Å²) < 4.78 is 6.42.